The highest BCUT2D eigenvalue weighted by Crippen LogP contribution is 2.27. The molecule has 1 atom stereocenters. The Balaban J connectivity index is 0.00000256. The Bertz CT molecular complexity index is 835. The summed E-state index contributed by atoms with van der Waals surface area (Å²) in [5, 5.41) is 11.4. The lowest BCUT2D eigenvalue weighted by Crippen LogP contribution is -2.51. The lowest BCUT2D eigenvalue weighted by Gasteiger charge is -2.34. The molecule has 2 aromatic rings. The van der Waals surface area contributed by atoms with Gasteiger partial charge in [-0.1, -0.05) is 18.2 Å². The van der Waals surface area contributed by atoms with E-state index >= 15 is 0 Å². The summed E-state index contributed by atoms with van der Waals surface area (Å²) < 4.78 is 8.00. The minimum atomic E-state index is 0. The standard InChI is InChI=1S/C22H32N6O.HI/c1-23-22(24-13-17-7-3-4-11-21(17)29-20-9-5-10-20)26-18-8-6-12-28(15-18)19-14-25-27(2)16-19;/h3-4,7,11,14,16,18,20H,5-6,8-10,12-13,15H2,1-2H3,(H2,23,24,26);1H. The second-order valence-corrected chi connectivity index (χ2v) is 8.01. The van der Waals surface area contributed by atoms with Crippen LogP contribution in [0.3, 0.4) is 0 Å². The summed E-state index contributed by atoms with van der Waals surface area (Å²) in [6, 6.07) is 8.65. The normalized spacial score (nSPS) is 19.6. The van der Waals surface area contributed by atoms with Crippen molar-refractivity contribution in [2.45, 2.75) is 50.8 Å². The van der Waals surface area contributed by atoms with Gasteiger partial charge in [-0.15, -0.1) is 24.0 Å². The van der Waals surface area contributed by atoms with E-state index < -0.39 is 0 Å². The van der Waals surface area contributed by atoms with Crippen LogP contribution < -0.4 is 20.3 Å². The number of anilines is 1. The van der Waals surface area contributed by atoms with Crippen LogP contribution in [0.15, 0.2) is 41.7 Å². The molecular weight excluding hydrogens is 491 g/mol. The molecule has 1 aromatic carbocycles. The number of nitrogens with zero attached hydrogens (tertiary/aromatic N) is 4. The van der Waals surface area contributed by atoms with Crippen LogP contribution in [0.25, 0.3) is 0 Å². The van der Waals surface area contributed by atoms with Gasteiger partial charge in [-0.25, -0.2) is 0 Å². The Morgan fingerprint density at radius 1 is 1.23 bits per heavy atom. The van der Waals surface area contributed by atoms with Crippen molar-refractivity contribution in [1.82, 2.24) is 20.4 Å². The van der Waals surface area contributed by atoms with E-state index in [9.17, 15) is 0 Å². The van der Waals surface area contributed by atoms with Gasteiger partial charge in [-0.05, 0) is 38.2 Å². The van der Waals surface area contributed by atoms with E-state index in [1.165, 1.54) is 30.5 Å². The maximum Gasteiger partial charge on any atom is 0.191 e. The molecule has 2 N–H and O–H groups in total. The average Bonchev–Trinajstić information content (AvgIpc) is 3.15. The number of hydrogen-bond donors (Lipinski definition) is 2. The first-order valence-electron chi connectivity index (χ1n) is 10.7. The van der Waals surface area contributed by atoms with Crippen LogP contribution in [0.5, 0.6) is 5.75 Å². The van der Waals surface area contributed by atoms with Crippen LogP contribution in [0.4, 0.5) is 5.69 Å². The van der Waals surface area contributed by atoms with Crippen LogP contribution in [0.1, 0.15) is 37.7 Å². The van der Waals surface area contributed by atoms with Crippen LogP contribution in [-0.4, -0.2) is 48.0 Å². The van der Waals surface area contributed by atoms with Crippen molar-refractivity contribution in [1.29, 1.82) is 0 Å². The number of aliphatic imine (C=N–C) groups is 1. The molecule has 1 saturated heterocycles. The number of para-hydroxylation sites is 1. The quantitative estimate of drug-likeness (QED) is 0.345. The van der Waals surface area contributed by atoms with Gasteiger partial charge in [-0.3, -0.25) is 9.67 Å². The van der Waals surface area contributed by atoms with Crippen molar-refractivity contribution in [2.75, 3.05) is 25.0 Å². The summed E-state index contributed by atoms with van der Waals surface area (Å²) in [6.45, 7) is 2.72. The first-order valence-corrected chi connectivity index (χ1v) is 10.7. The fourth-order valence-corrected chi connectivity index (χ4v) is 3.90. The Morgan fingerprint density at radius 2 is 2.07 bits per heavy atom. The highest BCUT2D eigenvalue weighted by atomic mass is 127. The molecule has 8 heteroatoms. The molecule has 30 heavy (non-hydrogen) atoms. The van der Waals surface area contributed by atoms with Crippen molar-refractivity contribution in [3.63, 3.8) is 0 Å². The van der Waals surface area contributed by atoms with Gasteiger partial charge in [0.05, 0.1) is 18.0 Å². The molecule has 1 saturated carbocycles. The van der Waals surface area contributed by atoms with Gasteiger partial charge in [-0.2, -0.15) is 5.10 Å². The third kappa shape index (κ3) is 5.80. The number of ether oxygens (including phenoxy) is 1. The van der Waals surface area contributed by atoms with E-state index in [0.29, 0.717) is 18.7 Å². The second kappa shape index (κ2) is 10.9. The van der Waals surface area contributed by atoms with Gasteiger partial charge in [0.2, 0.25) is 0 Å². The molecule has 2 fully saturated rings. The van der Waals surface area contributed by atoms with Gasteiger partial charge in [0.15, 0.2) is 5.96 Å². The molecule has 1 aliphatic carbocycles. The summed E-state index contributed by atoms with van der Waals surface area (Å²) in [4.78, 5) is 6.83. The maximum atomic E-state index is 6.15. The third-order valence-corrected chi connectivity index (χ3v) is 5.81. The molecule has 2 aliphatic rings. The molecule has 2 heterocycles. The number of nitrogens with one attached hydrogen (secondary N) is 2. The SMILES string of the molecule is CN=C(NCc1ccccc1OC1CCC1)NC1CCCN(c2cnn(C)c2)C1.I. The largest absolute Gasteiger partial charge is 0.490 e. The van der Waals surface area contributed by atoms with E-state index in [1.807, 2.05) is 31.0 Å². The zero-order valence-electron chi connectivity index (χ0n) is 17.9. The molecule has 164 valence electrons. The molecule has 7 nitrogen and oxygen atoms in total. The Hall–Kier alpha value is -1.97. The van der Waals surface area contributed by atoms with E-state index in [4.69, 9.17) is 4.74 Å². The monoisotopic (exact) mass is 524 g/mol. The molecule has 0 spiro atoms. The smallest absolute Gasteiger partial charge is 0.191 e. The number of rotatable bonds is 6. The zero-order valence-corrected chi connectivity index (χ0v) is 20.2. The first kappa shape index (κ1) is 22.7. The Morgan fingerprint density at radius 3 is 2.77 bits per heavy atom. The van der Waals surface area contributed by atoms with Crippen LogP contribution in [-0.2, 0) is 13.6 Å². The minimum Gasteiger partial charge on any atom is -0.490 e. The number of aromatic nitrogens is 2. The number of guanidine groups is 1. The highest BCUT2D eigenvalue weighted by molar-refractivity contribution is 14.0. The van der Waals surface area contributed by atoms with E-state index in [0.717, 1.165) is 37.6 Å². The average molecular weight is 524 g/mol. The fourth-order valence-electron chi connectivity index (χ4n) is 3.90. The van der Waals surface area contributed by atoms with Gasteiger partial charge in [0, 0.05) is 51.5 Å². The summed E-state index contributed by atoms with van der Waals surface area (Å²) in [6.07, 6.45) is 10.3. The highest BCUT2D eigenvalue weighted by Gasteiger charge is 2.22. The predicted molar refractivity (Wildman–Crippen MR) is 132 cm³/mol. The second-order valence-electron chi connectivity index (χ2n) is 8.01. The van der Waals surface area contributed by atoms with Gasteiger partial charge in [0.1, 0.15) is 5.75 Å². The number of hydrogen-bond acceptors (Lipinski definition) is 4. The van der Waals surface area contributed by atoms with Crippen LogP contribution in [0, 0.1) is 0 Å². The molecule has 0 amide bonds. The molecule has 1 aliphatic heterocycles. The van der Waals surface area contributed by atoms with Crippen molar-refractivity contribution in [2.24, 2.45) is 12.0 Å². The molecule has 1 aromatic heterocycles. The van der Waals surface area contributed by atoms with Crippen LogP contribution in [0.2, 0.25) is 0 Å². The Kier molecular flexibility index (Phi) is 8.24. The maximum absolute atomic E-state index is 6.15. The summed E-state index contributed by atoms with van der Waals surface area (Å²) in [7, 11) is 3.79. The van der Waals surface area contributed by atoms with Crippen molar-refractivity contribution >= 4 is 35.6 Å². The van der Waals surface area contributed by atoms with Gasteiger partial charge < -0.3 is 20.3 Å². The lowest BCUT2D eigenvalue weighted by atomic mass is 9.96. The molecule has 0 bridgehead atoms. The zero-order chi connectivity index (χ0) is 20.1. The van der Waals surface area contributed by atoms with E-state index in [1.54, 1.807) is 0 Å². The number of halogens is 1. The van der Waals surface area contributed by atoms with Crippen molar-refractivity contribution in [3.05, 3.63) is 42.2 Å². The number of piperidine rings is 1. The van der Waals surface area contributed by atoms with Gasteiger partial charge >= 0.3 is 0 Å². The molecular formula is C22H33IN6O. The summed E-state index contributed by atoms with van der Waals surface area (Å²) in [5.74, 6) is 1.82. The molecule has 1 unspecified atom stereocenters. The molecule has 4 rings (SSSR count). The van der Waals surface area contributed by atoms with Crippen LogP contribution >= 0.6 is 24.0 Å². The fraction of sp³-hybridized carbons (Fsp3) is 0.545. The number of benzene rings is 1. The lowest BCUT2D eigenvalue weighted by molar-refractivity contribution is 0.119. The van der Waals surface area contributed by atoms with Crippen molar-refractivity contribution < 1.29 is 4.74 Å². The Labute approximate surface area is 196 Å². The topological polar surface area (TPSA) is 66.7 Å². The summed E-state index contributed by atoms with van der Waals surface area (Å²) >= 11 is 0. The van der Waals surface area contributed by atoms with E-state index in [2.05, 4.69) is 50.0 Å². The predicted octanol–water partition coefficient (Wildman–Crippen LogP) is 3.30. The molecule has 0 radical (unpaired) electrons. The van der Waals surface area contributed by atoms with Crippen molar-refractivity contribution in [3.8, 4) is 5.75 Å². The van der Waals surface area contributed by atoms with Gasteiger partial charge in [0.25, 0.3) is 0 Å². The summed E-state index contributed by atoms with van der Waals surface area (Å²) in [5.41, 5.74) is 2.35. The minimum absolute atomic E-state index is 0. The first-order chi connectivity index (χ1) is 14.2. The number of aryl methyl sites for hydroxylation is 1. The third-order valence-electron chi connectivity index (χ3n) is 5.81. The van der Waals surface area contributed by atoms with E-state index in [-0.39, 0.29) is 24.0 Å².